The zero-order valence-corrected chi connectivity index (χ0v) is 12.5. The Kier molecular flexibility index (Phi) is 3.45. The molecule has 1 aliphatic rings. The molecule has 1 aliphatic carbocycles. The Balaban J connectivity index is 1.89. The second kappa shape index (κ2) is 5.28. The van der Waals surface area contributed by atoms with E-state index in [9.17, 15) is 4.79 Å². The lowest BCUT2D eigenvalue weighted by Crippen LogP contribution is -2.01. The van der Waals surface area contributed by atoms with Gasteiger partial charge in [-0.3, -0.25) is 4.79 Å². The zero-order valence-electron chi connectivity index (χ0n) is 12.5. The molecule has 0 fully saturated rings. The molecule has 4 nitrogen and oxygen atoms in total. The Bertz CT molecular complexity index is 708. The molecule has 4 heteroatoms. The summed E-state index contributed by atoms with van der Waals surface area (Å²) in [4.78, 5) is 20.5. The summed E-state index contributed by atoms with van der Waals surface area (Å²) in [6.45, 7) is 6.04. The van der Waals surface area contributed by atoms with E-state index < -0.39 is 0 Å². The van der Waals surface area contributed by atoms with Crippen LogP contribution in [0.3, 0.4) is 0 Å². The lowest BCUT2D eigenvalue weighted by atomic mass is 10.1. The summed E-state index contributed by atoms with van der Waals surface area (Å²) in [5.41, 5.74) is 2.77. The first kappa shape index (κ1) is 13.7. The van der Waals surface area contributed by atoms with Gasteiger partial charge < -0.3 is 4.74 Å². The highest BCUT2D eigenvalue weighted by atomic mass is 16.5. The van der Waals surface area contributed by atoms with Crippen molar-refractivity contribution < 1.29 is 9.53 Å². The third kappa shape index (κ3) is 2.79. The van der Waals surface area contributed by atoms with Crippen molar-refractivity contribution in [2.45, 2.75) is 39.5 Å². The van der Waals surface area contributed by atoms with Gasteiger partial charge in [-0.2, -0.15) is 4.98 Å². The third-order valence-electron chi connectivity index (χ3n) is 3.59. The van der Waals surface area contributed by atoms with Crippen LogP contribution in [0.1, 0.15) is 53.6 Å². The number of aromatic nitrogens is 2. The molecule has 0 N–H and O–H groups in total. The fourth-order valence-corrected chi connectivity index (χ4v) is 2.49. The molecule has 0 bridgehead atoms. The molecule has 0 saturated carbocycles. The Morgan fingerprint density at radius 3 is 2.71 bits per heavy atom. The van der Waals surface area contributed by atoms with Gasteiger partial charge in [0.25, 0.3) is 0 Å². The minimum atomic E-state index is 0.219. The van der Waals surface area contributed by atoms with E-state index in [0.29, 0.717) is 12.3 Å². The van der Waals surface area contributed by atoms with Crippen LogP contribution in [0.5, 0.6) is 11.6 Å². The molecule has 0 unspecified atom stereocenters. The van der Waals surface area contributed by atoms with Gasteiger partial charge in [0, 0.05) is 29.7 Å². The maximum absolute atomic E-state index is 11.6. The highest BCUT2D eigenvalue weighted by Gasteiger charge is 2.19. The monoisotopic (exact) mass is 282 g/mol. The average Bonchev–Trinajstić information content (AvgIpc) is 2.79. The molecule has 3 rings (SSSR count). The lowest BCUT2D eigenvalue weighted by Gasteiger charge is -2.10. The highest BCUT2D eigenvalue weighted by molar-refractivity contribution is 6.00. The van der Waals surface area contributed by atoms with Crippen LogP contribution in [-0.4, -0.2) is 15.8 Å². The van der Waals surface area contributed by atoms with Crippen LogP contribution in [-0.2, 0) is 6.42 Å². The fraction of sp³-hybridized carbons (Fsp3) is 0.353. The van der Waals surface area contributed by atoms with Crippen molar-refractivity contribution in [2.24, 2.45) is 0 Å². The maximum Gasteiger partial charge on any atom is 0.222 e. The van der Waals surface area contributed by atoms with Crippen molar-refractivity contribution in [2.75, 3.05) is 0 Å². The molecule has 1 aromatic carbocycles. The molecule has 1 heterocycles. The summed E-state index contributed by atoms with van der Waals surface area (Å²) >= 11 is 0. The number of fused-ring (bicyclic) bond motifs is 1. The largest absolute Gasteiger partial charge is 0.439 e. The predicted octanol–water partition coefficient (Wildman–Crippen LogP) is 3.83. The third-order valence-corrected chi connectivity index (χ3v) is 3.59. The van der Waals surface area contributed by atoms with Crippen molar-refractivity contribution in [3.63, 3.8) is 0 Å². The number of ketones is 1. The summed E-state index contributed by atoms with van der Waals surface area (Å²) in [6, 6.07) is 7.43. The first-order valence-corrected chi connectivity index (χ1v) is 7.22. The van der Waals surface area contributed by atoms with E-state index in [2.05, 4.69) is 23.8 Å². The number of Topliss-reactive ketones (excluding diaryl/α,β-unsaturated/α-hetero) is 1. The Labute approximate surface area is 124 Å². The number of hydrogen-bond acceptors (Lipinski definition) is 4. The van der Waals surface area contributed by atoms with E-state index in [1.165, 1.54) is 0 Å². The number of carbonyl (C=O) groups is 1. The van der Waals surface area contributed by atoms with Crippen LogP contribution in [0.2, 0.25) is 0 Å². The molecule has 0 aliphatic heterocycles. The lowest BCUT2D eigenvalue weighted by molar-refractivity contribution is 0.0994. The summed E-state index contributed by atoms with van der Waals surface area (Å²) < 4.78 is 5.85. The van der Waals surface area contributed by atoms with Crippen molar-refractivity contribution in [3.8, 4) is 11.6 Å². The first-order valence-electron chi connectivity index (χ1n) is 7.22. The quantitative estimate of drug-likeness (QED) is 0.858. The Morgan fingerprint density at radius 1 is 1.14 bits per heavy atom. The minimum absolute atomic E-state index is 0.219. The molecule has 21 heavy (non-hydrogen) atoms. The number of carbonyl (C=O) groups excluding carboxylic acids is 1. The van der Waals surface area contributed by atoms with Crippen LogP contribution in [0, 0.1) is 6.92 Å². The van der Waals surface area contributed by atoms with Gasteiger partial charge in [-0.25, -0.2) is 4.98 Å². The highest BCUT2D eigenvalue weighted by Crippen LogP contribution is 2.28. The second-order valence-corrected chi connectivity index (χ2v) is 5.70. The standard InChI is InChI=1S/C17H18N2O2/c1-10(2)17-18-11(3)8-16(19-17)21-13-5-6-14-12(9-13)4-7-15(14)20/h5-6,8-10H,4,7H2,1-3H3. The van der Waals surface area contributed by atoms with E-state index >= 15 is 0 Å². The van der Waals surface area contributed by atoms with Gasteiger partial charge in [-0.05, 0) is 37.1 Å². The molecule has 0 atom stereocenters. The molecular formula is C17H18N2O2. The molecule has 1 aromatic heterocycles. The SMILES string of the molecule is Cc1cc(Oc2ccc3c(c2)CCC3=O)nc(C(C)C)n1. The first-order chi connectivity index (χ1) is 10.0. The van der Waals surface area contributed by atoms with E-state index in [0.717, 1.165) is 34.8 Å². The van der Waals surface area contributed by atoms with Crippen LogP contribution >= 0.6 is 0 Å². The van der Waals surface area contributed by atoms with E-state index in [4.69, 9.17) is 4.74 Å². The molecule has 0 spiro atoms. The van der Waals surface area contributed by atoms with Crippen molar-refractivity contribution in [1.29, 1.82) is 0 Å². The van der Waals surface area contributed by atoms with Gasteiger partial charge in [0.05, 0.1) is 0 Å². The molecule has 2 aromatic rings. The Morgan fingerprint density at radius 2 is 1.95 bits per heavy atom. The molecule has 0 amide bonds. The van der Waals surface area contributed by atoms with Crippen molar-refractivity contribution in [1.82, 2.24) is 9.97 Å². The fourth-order valence-electron chi connectivity index (χ4n) is 2.49. The number of rotatable bonds is 3. The number of nitrogens with zero attached hydrogens (tertiary/aromatic N) is 2. The number of ether oxygens (including phenoxy) is 1. The smallest absolute Gasteiger partial charge is 0.222 e. The van der Waals surface area contributed by atoms with E-state index in [1.54, 1.807) is 0 Å². The Hall–Kier alpha value is -2.23. The van der Waals surface area contributed by atoms with Gasteiger partial charge in [0.1, 0.15) is 11.6 Å². The minimum Gasteiger partial charge on any atom is -0.439 e. The van der Waals surface area contributed by atoms with Crippen LogP contribution in [0.25, 0.3) is 0 Å². The molecule has 108 valence electrons. The second-order valence-electron chi connectivity index (χ2n) is 5.70. The summed E-state index contributed by atoms with van der Waals surface area (Å²) in [7, 11) is 0. The number of benzene rings is 1. The number of aryl methyl sites for hydroxylation is 2. The summed E-state index contributed by atoms with van der Waals surface area (Å²) in [5.74, 6) is 2.52. The normalized spacial score (nSPS) is 13.6. The zero-order chi connectivity index (χ0) is 15.0. The molecular weight excluding hydrogens is 264 g/mol. The van der Waals surface area contributed by atoms with Crippen LogP contribution in [0.15, 0.2) is 24.3 Å². The summed E-state index contributed by atoms with van der Waals surface area (Å²) in [5, 5.41) is 0. The van der Waals surface area contributed by atoms with Gasteiger partial charge >= 0.3 is 0 Å². The van der Waals surface area contributed by atoms with Crippen molar-refractivity contribution in [3.05, 3.63) is 46.9 Å². The van der Waals surface area contributed by atoms with Gasteiger partial charge in [-0.1, -0.05) is 13.8 Å². The van der Waals surface area contributed by atoms with Crippen LogP contribution < -0.4 is 4.74 Å². The van der Waals surface area contributed by atoms with E-state index in [1.807, 2.05) is 31.2 Å². The summed E-state index contributed by atoms with van der Waals surface area (Å²) in [6.07, 6.45) is 1.40. The maximum atomic E-state index is 11.6. The topological polar surface area (TPSA) is 52.1 Å². The predicted molar refractivity (Wildman–Crippen MR) is 80.0 cm³/mol. The van der Waals surface area contributed by atoms with Gasteiger partial charge in [0.15, 0.2) is 5.78 Å². The molecule has 0 radical (unpaired) electrons. The van der Waals surface area contributed by atoms with E-state index in [-0.39, 0.29) is 11.7 Å². The van der Waals surface area contributed by atoms with Gasteiger partial charge in [0.2, 0.25) is 5.88 Å². The molecule has 0 saturated heterocycles. The van der Waals surface area contributed by atoms with Crippen molar-refractivity contribution >= 4 is 5.78 Å². The average molecular weight is 282 g/mol. The van der Waals surface area contributed by atoms with Crippen LogP contribution in [0.4, 0.5) is 0 Å². The number of hydrogen-bond donors (Lipinski definition) is 0. The van der Waals surface area contributed by atoms with Gasteiger partial charge in [-0.15, -0.1) is 0 Å².